The zero-order valence-electron chi connectivity index (χ0n) is 12.6. The Morgan fingerprint density at radius 3 is 2.58 bits per heavy atom. The van der Waals surface area contributed by atoms with Gasteiger partial charge >= 0.3 is 11.4 Å². The van der Waals surface area contributed by atoms with Crippen molar-refractivity contribution in [2.45, 2.75) is 51.1 Å². The molecule has 106 valence electrons. The van der Waals surface area contributed by atoms with Gasteiger partial charge < -0.3 is 5.32 Å². The Balaban J connectivity index is 2.23. The highest BCUT2D eigenvalue weighted by Gasteiger charge is 2.43. The highest BCUT2D eigenvalue weighted by molar-refractivity contribution is 4.97. The van der Waals surface area contributed by atoms with E-state index in [1.807, 2.05) is 0 Å². The topological polar surface area (TPSA) is 71.8 Å². The van der Waals surface area contributed by atoms with Crippen molar-refractivity contribution >= 4 is 0 Å². The molecule has 1 fully saturated rings. The number of nitrogens with zero attached hydrogens (tertiary/aromatic N) is 2. The van der Waals surface area contributed by atoms with Gasteiger partial charge in [-0.15, -0.1) is 0 Å². The third-order valence-corrected chi connectivity index (χ3v) is 4.76. The van der Waals surface area contributed by atoms with Gasteiger partial charge in [0.1, 0.15) is 0 Å². The number of rotatable bonds is 1. The maximum absolute atomic E-state index is 12.4. The second-order valence-electron chi connectivity index (χ2n) is 6.16. The molecule has 19 heavy (non-hydrogen) atoms. The van der Waals surface area contributed by atoms with Crippen molar-refractivity contribution in [3.63, 3.8) is 0 Å². The summed E-state index contributed by atoms with van der Waals surface area (Å²) in [6.07, 6.45) is 3.52. The van der Waals surface area contributed by atoms with E-state index in [4.69, 9.17) is 1.41 Å². The fourth-order valence-corrected chi connectivity index (χ4v) is 3.69. The largest absolute Gasteiger partial charge is 0.345 e. The Labute approximate surface area is 113 Å². The molecule has 0 aliphatic carbocycles. The van der Waals surface area contributed by atoms with Gasteiger partial charge in [-0.3, -0.25) is 4.98 Å². The maximum Gasteiger partial charge on any atom is 0.345 e. The molecule has 6 heteroatoms. The van der Waals surface area contributed by atoms with Crippen LogP contribution in [-0.2, 0) is 5.54 Å². The molecule has 2 aliphatic heterocycles. The summed E-state index contributed by atoms with van der Waals surface area (Å²) in [4.78, 5) is 25.2. The molecule has 6 nitrogen and oxygen atoms in total. The van der Waals surface area contributed by atoms with Gasteiger partial charge in [0.2, 0.25) is 0 Å². The van der Waals surface area contributed by atoms with Crippen LogP contribution in [0.3, 0.4) is 0 Å². The van der Waals surface area contributed by atoms with Crippen molar-refractivity contribution in [1.29, 1.82) is 0 Å². The lowest BCUT2D eigenvalue weighted by Gasteiger charge is -2.45. The molecule has 2 aliphatic rings. The fourth-order valence-electron chi connectivity index (χ4n) is 3.69. The normalized spacial score (nSPS) is 26.5. The molecule has 0 aromatic carbocycles. The summed E-state index contributed by atoms with van der Waals surface area (Å²) in [5, 5.41) is 3.31. The van der Waals surface area contributed by atoms with Crippen molar-refractivity contribution in [3.05, 3.63) is 21.0 Å². The Bertz CT molecular complexity index is 621. The van der Waals surface area contributed by atoms with E-state index >= 15 is 0 Å². The zero-order chi connectivity index (χ0) is 14.5. The second kappa shape index (κ2) is 4.37. The summed E-state index contributed by atoms with van der Waals surface area (Å²) in [6, 6.07) is 0.0160. The zero-order valence-corrected chi connectivity index (χ0v) is 11.6. The molecule has 0 saturated carbocycles. The number of hydrogen-bond acceptors (Lipinski definition) is 3. The van der Waals surface area contributed by atoms with E-state index in [0.29, 0.717) is 4.98 Å². The minimum absolute atomic E-state index is 0.0160. The molecule has 0 amide bonds. The molecule has 0 radical (unpaired) electrons. The number of aromatic amines is 1. The minimum Gasteiger partial charge on any atom is -0.317 e. The third kappa shape index (κ3) is 1.81. The molecule has 3 heterocycles. The Morgan fingerprint density at radius 1 is 1.26 bits per heavy atom. The standard InChI is InChI=1S/C13H22N4O2/c1-9(2)10-3-4-13(5-7-14-8-6-13)17-12(19)15-11(18)16(10)17/h9-10,14H,3-8H2,1-2H3,(H,15,18,19)/i/hT. The van der Waals surface area contributed by atoms with Gasteiger partial charge in [-0.1, -0.05) is 13.8 Å². The maximum atomic E-state index is 12.4. The van der Waals surface area contributed by atoms with Crippen LogP contribution in [0.1, 0.15) is 45.6 Å². The molecule has 3 rings (SSSR count). The van der Waals surface area contributed by atoms with E-state index in [1.165, 1.54) is 0 Å². The molecule has 2 N–H and O–H groups in total. The van der Waals surface area contributed by atoms with Gasteiger partial charge in [0.15, 0.2) is 1.41 Å². The van der Waals surface area contributed by atoms with E-state index in [0.717, 1.165) is 38.8 Å². The molecule has 0 bridgehead atoms. The summed E-state index contributed by atoms with van der Waals surface area (Å²) in [5.74, 6) is 0.278. The molecular formula is C13H22N4O2. The first-order valence-corrected chi connectivity index (χ1v) is 7.15. The first-order valence-electron chi connectivity index (χ1n) is 7.60. The monoisotopic (exact) mass is 268 g/mol. The summed E-state index contributed by atoms with van der Waals surface area (Å²) < 4.78 is 10.9. The number of piperidine rings is 1. The smallest absolute Gasteiger partial charge is 0.317 e. The van der Waals surface area contributed by atoms with Crippen LogP contribution in [0.5, 0.6) is 0 Å². The Kier molecular flexibility index (Phi) is 2.65. The molecule has 1 atom stereocenters. The van der Waals surface area contributed by atoms with Crippen LogP contribution in [0.25, 0.3) is 0 Å². The van der Waals surface area contributed by atoms with E-state index in [2.05, 4.69) is 19.2 Å². The lowest BCUT2D eigenvalue weighted by atomic mass is 9.80. The van der Waals surface area contributed by atoms with Crippen LogP contribution in [0.15, 0.2) is 9.59 Å². The number of hydrogen-bond donors (Lipinski definition) is 2. The molecule has 1 aromatic rings. The third-order valence-electron chi connectivity index (χ3n) is 4.76. The van der Waals surface area contributed by atoms with Crippen molar-refractivity contribution < 1.29 is 1.41 Å². The number of H-pyrrole nitrogens is 1. The van der Waals surface area contributed by atoms with Crippen molar-refractivity contribution in [3.8, 4) is 0 Å². The van der Waals surface area contributed by atoms with E-state index in [9.17, 15) is 9.59 Å². The lowest BCUT2D eigenvalue weighted by Crippen LogP contribution is -2.54. The van der Waals surface area contributed by atoms with Crippen molar-refractivity contribution in [2.24, 2.45) is 5.92 Å². The van der Waals surface area contributed by atoms with E-state index < -0.39 is 11.4 Å². The van der Waals surface area contributed by atoms with Crippen molar-refractivity contribution in [2.75, 3.05) is 13.1 Å². The van der Waals surface area contributed by atoms with Gasteiger partial charge in [0.25, 0.3) is 0 Å². The summed E-state index contributed by atoms with van der Waals surface area (Å²) in [7, 11) is 0. The van der Waals surface area contributed by atoms with Gasteiger partial charge in [-0.25, -0.2) is 19.0 Å². The number of fused-ring (bicyclic) bond motifs is 2. The van der Waals surface area contributed by atoms with E-state index in [1.54, 1.807) is 9.36 Å². The van der Waals surface area contributed by atoms with Crippen LogP contribution in [0.4, 0.5) is 0 Å². The predicted molar refractivity (Wildman–Crippen MR) is 72.5 cm³/mol. The molecule has 1 unspecified atom stereocenters. The quantitative estimate of drug-likeness (QED) is 0.775. The van der Waals surface area contributed by atoms with Crippen LogP contribution in [-0.4, -0.2) is 27.4 Å². The summed E-state index contributed by atoms with van der Waals surface area (Å²) in [5.41, 5.74) is -1.26. The van der Waals surface area contributed by atoms with Crippen LogP contribution in [0, 0.1) is 5.92 Å². The molecular weight excluding hydrogens is 244 g/mol. The Morgan fingerprint density at radius 2 is 1.95 bits per heavy atom. The van der Waals surface area contributed by atoms with E-state index in [-0.39, 0.29) is 17.5 Å². The lowest BCUT2D eigenvalue weighted by molar-refractivity contribution is 0.0649. The Hall–Kier alpha value is -1.30. The number of aromatic nitrogens is 3. The minimum atomic E-state index is -0.494. The van der Waals surface area contributed by atoms with Crippen LogP contribution >= 0.6 is 0 Å². The second-order valence-corrected chi connectivity index (χ2v) is 6.16. The van der Waals surface area contributed by atoms with Crippen molar-refractivity contribution in [1.82, 2.24) is 19.7 Å². The van der Waals surface area contributed by atoms with Crippen LogP contribution in [0.2, 0.25) is 1.41 Å². The SMILES string of the molecule is [3H]n1c(=O)n2n(c1=O)C1(CCNCC1)CCC2C(C)C. The highest BCUT2D eigenvalue weighted by Crippen LogP contribution is 2.39. The number of nitrogens with one attached hydrogen (secondary N) is 2. The van der Waals surface area contributed by atoms with Gasteiger partial charge in [0.05, 0.1) is 11.6 Å². The molecule has 1 spiro atoms. The van der Waals surface area contributed by atoms with Crippen LogP contribution < -0.4 is 16.7 Å². The molecule has 1 aromatic heterocycles. The average molecular weight is 268 g/mol. The highest BCUT2D eigenvalue weighted by atomic mass is 16.2. The molecule has 1 saturated heterocycles. The predicted octanol–water partition coefficient (Wildman–Crippen LogP) is 0.408. The van der Waals surface area contributed by atoms with Gasteiger partial charge in [-0.05, 0) is 44.7 Å². The first kappa shape index (κ1) is 11.5. The van der Waals surface area contributed by atoms with Gasteiger partial charge in [-0.2, -0.15) is 0 Å². The summed E-state index contributed by atoms with van der Waals surface area (Å²) >= 11 is 0. The summed E-state index contributed by atoms with van der Waals surface area (Å²) in [6.45, 7) is 5.84. The first-order chi connectivity index (χ1) is 9.48. The fraction of sp³-hybridized carbons (Fsp3) is 0.846. The van der Waals surface area contributed by atoms with Gasteiger partial charge in [0, 0.05) is 0 Å². The average Bonchev–Trinajstić information content (AvgIpc) is 2.66.